The molecule has 0 heterocycles. The quantitative estimate of drug-likeness (QED) is 0.844. The maximum absolute atomic E-state index is 11.6. The summed E-state index contributed by atoms with van der Waals surface area (Å²) in [5.41, 5.74) is 2.30. The number of rotatable bonds is 5. The largest absolute Gasteiger partial charge is 0.370 e. The summed E-state index contributed by atoms with van der Waals surface area (Å²) in [6, 6.07) is 5.60. The minimum absolute atomic E-state index is 0.0505. The maximum atomic E-state index is 11.6. The predicted octanol–water partition coefficient (Wildman–Crippen LogP) is 3.00. The highest BCUT2D eigenvalue weighted by Gasteiger charge is 2.39. The molecule has 1 rings (SSSR count). The first-order valence-corrected chi connectivity index (χ1v) is 7.49. The molecule has 0 saturated heterocycles. The van der Waals surface area contributed by atoms with Crippen molar-refractivity contribution in [2.45, 2.75) is 32.0 Å². The zero-order valence-electron chi connectivity index (χ0n) is 12.2. The van der Waals surface area contributed by atoms with Crippen LogP contribution in [0.2, 0.25) is 0 Å². The molecule has 0 saturated carbocycles. The Hall–Kier alpha value is -0.960. The van der Waals surface area contributed by atoms with Crippen LogP contribution < -0.4 is 0 Å². The van der Waals surface area contributed by atoms with Gasteiger partial charge in [-0.2, -0.15) is 0 Å². The average Bonchev–Trinajstić information content (AvgIpc) is 2.27. The van der Waals surface area contributed by atoms with E-state index in [0.29, 0.717) is 5.56 Å². The Morgan fingerprint density at radius 1 is 1.32 bits per heavy atom. The second-order valence-electron chi connectivity index (χ2n) is 5.56. The van der Waals surface area contributed by atoms with Gasteiger partial charge in [0.15, 0.2) is 0 Å². The molecule has 1 unspecified atom stereocenters. The summed E-state index contributed by atoms with van der Waals surface area (Å²) >= 11 is 0. The lowest BCUT2D eigenvalue weighted by Crippen LogP contribution is -2.34. The molecule has 0 aliphatic heterocycles. The van der Waals surface area contributed by atoms with Crippen molar-refractivity contribution >= 4 is 7.68 Å². The Morgan fingerprint density at radius 3 is 2.32 bits per heavy atom. The molecular weight excluding hydrogens is 261 g/mol. The lowest BCUT2D eigenvalue weighted by Gasteiger charge is -2.28. The van der Waals surface area contributed by atoms with E-state index in [1.165, 1.54) is 0 Å². The average molecular weight is 283 g/mol. The van der Waals surface area contributed by atoms with E-state index >= 15 is 0 Å². The van der Waals surface area contributed by atoms with Crippen molar-refractivity contribution in [2.75, 3.05) is 20.6 Å². The molecule has 0 aromatic heterocycles. The van der Waals surface area contributed by atoms with Crippen LogP contribution in [0.4, 0.5) is 0 Å². The van der Waals surface area contributed by atoms with Gasteiger partial charge in [0.25, 0.3) is 0 Å². The van der Waals surface area contributed by atoms with Crippen molar-refractivity contribution in [3.05, 3.63) is 34.9 Å². The van der Waals surface area contributed by atoms with Crippen molar-refractivity contribution in [1.29, 1.82) is 0 Å². The summed E-state index contributed by atoms with van der Waals surface area (Å²) in [6.45, 7) is 5.92. The predicted molar refractivity (Wildman–Crippen MR) is 76.0 cm³/mol. The Kier molecular flexibility index (Phi) is 5.08. The van der Waals surface area contributed by atoms with Gasteiger partial charge in [-0.15, -0.1) is 0 Å². The van der Waals surface area contributed by atoms with Gasteiger partial charge in [0, 0.05) is 12.1 Å². The molecular formula is C14H22NO3P. The highest BCUT2D eigenvalue weighted by Crippen LogP contribution is 2.41. The van der Waals surface area contributed by atoms with Crippen molar-refractivity contribution in [2.24, 2.45) is 0 Å². The summed E-state index contributed by atoms with van der Waals surface area (Å²) in [7, 11) is 0.495. The third kappa shape index (κ3) is 3.53. The standard InChI is InChI=1S/C14H22NO3P/c1-10(2)12-7-6-11(3)8-13(12)14(16,19(17)18)9-15(4)5/h6-8,10,16H,9H2,1-5H3. The third-order valence-corrected chi connectivity index (χ3v) is 4.09. The summed E-state index contributed by atoms with van der Waals surface area (Å²) in [5.74, 6) is 0.152. The number of aliphatic hydroxyl groups is 1. The van der Waals surface area contributed by atoms with Crippen LogP contribution in [-0.2, 0) is 14.5 Å². The van der Waals surface area contributed by atoms with Gasteiger partial charge in [0.1, 0.15) is 0 Å². The summed E-state index contributed by atoms with van der Waals surface area (Å²) in [4.78, 5) is 1.68. The van der Waals surface area contributed by atoms with E-state index in [1.54, 1.807) is 25.1 Å². The fourth-order valence-electron chi connectivity index (χ4n) is 2.20. The van der Waals surface area contributed by atoms with Crippen LogP contribution in [-0.4, -0.2) is 30.6 Å². The second-order valence-corrected chi connectivity index (χ2v) is 6.81. The molecule has 0 spiro atoms. The molecule has 4 nitrogen and oxygen atoms in total. The number of likely N-dealkylation sites (N-methyl/N-ethyl adjacent to an activating group) is 1. The van der Waals surface area contributed by atoms with Crippen molar-refractivity contribution in [3.63, 3.8) is 0 Å². The summed E-state index contributed by atoms with van der Waals surface area (Å²) < 4.78 is 23.2. The number of benzene rings is 1. The van der Waals surface area contributed by atoms with Gasteiger partial charge in [-0.3, -0.25) is 0 Å². The second kappa shape index (κ2) is 6.00. The molecule has 0 amide bonds. The first-order valence-electron chi connectivity index (χ1n) is 6.31. The fourth-order valence-corrected chi connectivity index (χ4v) is 2.99. The molecule has 5 heteroatoms. The smallest absolute Gasteiger partial charge is 0.354 e. The van der Waals surface area contributed by atoms with Crippen molar-refractivity contribution in [1.82, 2.24) is 4.90 Å². The van der Waals surface area contributed by atoms with Gasteiger partial charge in [-0.25, -0.2) is 9.13 Å². The van der Waals surface area contributed by atoms with Crippen LogP contribution in [0.15, 0.2) is 18.2 Å². The lowest BCUT2D eigenvalue weighted by atomic mass is 9.92. The SMILES string of the molecule is Cc1ccc(C(C)C)c(C(O)(CN(C)C)P(=O)=O)c1. The van der Waals surface area contributed by atoms with Crippen LogP contribution in [0, 0.1) is 6.92 Å². The fraction of sp³-hybridized carbons (Fsp3) is 0.571. The number of nitrogens with zero attached hydrogens (tertiary/aromatic N) is 1. The zero-order valence-corrected chi connectivity index (χ0v) is 13.1. The maximum Gasteiger partial charge on any atom is 0.354 e. The van der Waals surface area contributed by atoms with Crippen LogP contribution in [0.5, 0.6) is 0 Å². The molecule has 19 heavy (non-hydrogen) atoms. The van der Waals surface area contributed by atoms with E-state index < -0.39 is 13.0 Å². The molecule has 0 bridgehead atoms. The Balaban J connectivity index is 3.49. The van der Waals surface area contributed by atoms with E-state index in [0.717, 1.165) is 11.1 Å². The van der Waals surface area contributed by atoms with E-state index in [-0.39, 0.29) is 12.5 Å². The Morgan fingerprint density at radius 2 is 1.89 bits per heavy atom. The monoisotopic (exact) mass is 283 g/mol. The zero-order chi connectivity index (χ0) is 14.8. The van der Waals surface area contributed by atoms with E-state index in [4.69, 9.17) is 0 Å². The van der Waals surface area contributed by atoms with Crippen LogP contribution in [0.3, 0.4) is 0 Å². The van der Waals surface area contributed by atoms with Gasteiger partial charge in [0.2, 0.25) is 5.34 Å². The number of hydrogen-bond acceptors (Lipinski definition) is 4. The first-order chi connectivity index (χ1) is 8.68. The minimum atomic E-state index is -2.99. The highest BCUT2D eigenvalue weighted by atomic mass is 31.1. The highest BCUT2D eigenvalue weighted by molar-refractivity contribution is 7.32. The normalized spacial score (nSPS) is 14.7. The molecule has 1 aromatic rings. The topological polar surface area (TPSA) is 57.6 Å². The molecule has 1 atom stereocenters. The van der Waals surface area contributed by atoms with Crippen molar-refractivity contribution in [3.8, 4) is 0 Å². The van der Waals surface area contributed by atoms with E-state index in [9.17, 15) is 14.2 Å². The molecule has 0 fully saturated rings. The van der Waals surface area contributed by atoms with Gasteiger partial charge in [0.05, 0.1) is 0 Å². The van der Waals surface area contributed by atoms with Crippen LogP contribution >= 0.6 is 7.68 Å². The Labute approximate surface area is 115 Å². The third-order valence-electron chi connectivity index (χ3n) is 3.10. The lowest BCUT2D eigenvalue weighted by molar-refractivity contribution is 0.0875. The molecule has 1 N–H and O–H groups in total. The van der Waals surface area contributed by atoms with E-state index in [1.807, 2.05) is 32.9 Å². The van der Waals surface area contributed by atoms with E-state index in [2.05, 4.69) is 0 Å². The summed E-state index contributed by atoms with van der Waals surface area (Å²) in [6.07, 6.45) is 0. The molecule has 0 radical (unpaired) electrons. The molecule has 0 aliphatic rings. The van der Waals surface area contributed by atoms with Crippen molar-refractivity contribution < 1.29 is 14.2 Å². The minimum Gasteiger partial charge on any atom is -0.370 e. The number of hydrogen-bond donors (Lipinski definition) is 1. The Bertz CT molecular complexity index is 515. The van der Waals surface area contributed by atoms with Gasteiger partial charge >= 0.3 is 7.68 Å². The van der Waals surface area contributed by atoms with Crippen LogP contribution in [0.25, 0.3) is 0 Å². The molecule has 0 aliphatic carbocycles. The molecule has 106 valence electrons. The number of aryl methyl sites for hydroxylation is 1. The first kappa shape index (κ1) is 16.1. The van der Waals surface area contributed by atoms with Gasteiger partial charge in [-0.1, -0.05) is 37.6 Å². The van der Waals surface area contributed by atoms with Crippen LogP contribution in [0.1, 0.15) is 36.5 Å². The molecule has 1 aromatic carbocycles. The summed E-state index contributed by atoms with van der Waals surface area (Å²) in [5, 5.41) is 8.80. The van der Waals surface area contributed by atoms with Gasteiger partial charge in [-0.05, 0) is 32.5 Å². The van der Waals surface area contributed by atoms with Gasteiger partial charge < -0.3 is 10.0 Å².